The van der Waals surface area contributed by atoms with Crippen LogP contribution in [-0.4, -0.2) is 18.5 Å². The van der Waals surface area contributed by atoms with E-state index < -0.39 is 11.9 Å². The van der Waals surface area contributed by atoms with E-state index in [9.17, 15) is 9.59 Å². The zero-order valence-corrected chi connectivity index (χ0v) is 13.2. The van der Waals surface area contributed by atoms with Crippen LogP contribution in [0.25, 0.3) is 0 Å². The fourth-order valence-corrected chi connectivity index (χ4v) is 1.74. The summed E-state index contributed by atoms with van der Waals surface area (Å²) < 4.78 is 4.69. The number of azo groups is 1. The van der Waals surface area contributed by atoms with Gasteiger partial charge in [-0.3, -0.25) is 4.79 Å². The first-order valence-electron chi connectivity index (χ1n) is 7.40. The number of carbonyl (C=O) groups excluding carboxylic acids is 2. The predicted molar refractivity (Wildman–Crippen MR) is 91.5 cm³/mol. The van der Waals surface area contributed by atoms with Crippen LogP contribution in [0.2, 0.25) is 0 Å². The molecule has 2 rings (SSSR count). The van der Waals surface area contributed by atoms with Crippen molar-refractivity contribution in [3.05, 3.63) is 66.7 Å². The molecule has 0 radical (unpaired) electrons. The fraction of sp³-hybridized carbons (Fsp3) is 0.111. The van der Waals surface area contributed by atoms with Gasteiger partial charge in [-0.2, -0.15) is 10.2 Å². The van der Waals surface area contributed by atoms with Gasteiger partial charge in [-0.05, 0) is 43.3 Å². The molecule has 0 spiro atoms. The number of esters is 1. The van der Waals surface area contributed by atoms with Crippen molar-refractivity contribution in [2.45, 2.75) is 6.92 Å². The van der Waals surface area contributed by atoms with Gasteiger partial charge < -0.3 is 10.1 Å². The Morgan fingerprint density at radius 1 is 0.958 bits per heavy atom. The Morgan fingerprint density at radius 2 is 1.58 bits per heavy atom. The van der Waals surface area contributed by atoms with Crippen molar-refractivity contribution in [3.8, 4) is 0 Å². The summed E-state index contributed by atoms with van der Waals surface area (Å²) in [6, 6.07) is 16.3. The number of benzene rings is 2. The third kappa shape index (κ3) is 5.84. The van der Waals surface area contributed by atoms with Crippen LogP contribution in [0.5, 0.6) is 0 Å². The van der Waals surface area contributed by atoms with Crippen LogP contribution in [0.1, 0.15) is 6.92 Å². The lowest BCUT2D eigenvalue weighted by atomic mass is 10.3. The topological polar surface area (TPSA) is 80.1 Å². The molecule has 122 valence electrons. The standard InChI is InChI=1S/C18H17N3O3/c1-2-24-18(23)13-12-17(22)19-14-8-10-16(11-9-14)21-20-15-6-4-3-5-7-15/h3-13H,2H2,1H3,(H,19,22)/b13-12+,21-20?. The van der Waals surface area contributed by atoms with Gasteiger partial charge in [0.25, 0.3) is 0 Å². The molecular formula is C18H17N3O3. The molecule has 0 aliphatic heterocycles. The maximum atomic E-state index is 11.7. The molecule has 2 aromatic carbocycles. The molecule has 0 aliphatic carbocycles. The van der Waals surface area contributed by atoms with Gasteiger partial charge in [-0.1, -0.05) is 18.2 Å². The molecule has 6 heteroatoms. The molecule has 0 saturated heterocycles. The van der Waals surface area contributed by atoms with Crippen molar-refractivity contribution in [1.29, 1.82) is 0 Å². The summed E-state index contributed by atoms with van der Waals surface area (Å²) in [6.45, 7) is 1.96. The minimum Gasteiger partial charge on any atom is -0.463 e. The third-order valence-electron chi connectivity index (χ3n) is 2.83. The summed E-state index contributed by atoms with van der Waals surface area (Å²) in [5, 5.41) is 10.9. The van der Waals surface area contributed by atoms with Gasteiger partial charge in [0.15, 0.2) is 0 Å². The summed E-state index contributed by atoms with van der Waals surface area (Å²) in [6.07, 6.45) is 2.21. The molecule has 0 fully saturated rings. The van der Waals surface area contributed by atoms with Crippen molar-refractivity contribution < 1.29 is 14.3 Å². The molecule has 0 unspecified atom stereocenters. The van der Waals surface area contributed by atoms with Crippen LogP contribution >= 0.6 is 0 Å². The minimum atomic E-state index is -0.552. The Hall–Kier alpha value is -3.28. The van der Waals surface area contributed by atoms with Crippen LogP contribution < -0.4 is 5.32 Å². The summed E-state index contributed by atoms with van der Waals surface area (Å²) in [5.74, 6) is -0.967. The zero-order valence-electron chi connectivity index (χ0n) is 13.2. The second-order valence-electron chi connectivity index (χ2n) is 4.66. The van der Waals surface area contributed by atoms with Crippen LogP contribution in [0, 0.1) is 0 Å². The molecule has 0 aromatic heterocycles. The first kappa shape index (κ1) is 17.1. The normalized spacial score (nSPS) is 10.9. The van der Waals surface area contributed by atoms with E-state index in [1.165, 1.54) is 0 Å². The van der Waals surface area contributed by atoms with Crippen LogP contribution in [0.3, 0.4) is 0 Å². The summed E-state index contributed by atoms with van der Waals surface area (Å²) in [5.41, 5.74) is 2.02. The Kier molecular flexibility index (Phi) is 6.40. The van der Waals surface area contributed by atoms with Crippen LogP contribution in [-0.2, 0) is 14.3 Å². The molecule has 6 nitrogen and oxygen atoms in total. The van der Waals surface area contributed by atoms with E-state index in [2.05, 4.69) is 15.5 Å². The summed E-state index contributed by atoms with van der Waals surface area (Å²) in [7, 11) is 0. The third-order valence-corrected chi connectivity index (χ3v) is 2.83. The maximum absolute atomic E-state index is 11.7. The number of ether oxygens (including phenoxy) is 1. The Balaban J connectivity index is 1.91. The molecule has 0 aliphatic rings. The average Bonchev–Trinajstić information content (AvgIpc) is 2.61. The minimum absolute atomic E-state index is 0.268. The molecule has 0 bridgehead atoms. The monoisotopic (exact) mass is 323 g/mol. The molecule has 0 atom stereocenters. The number of anilines is 1. The first-order valence-corrected chi connectivity index (χ1v) is 7.40. The zero-order chi connectivity index (χ0) is 17.2. The van der Waals surface area contributed by atoms with Crippen molar-refractivity contribution in [1.82, 2.24) is 0 Å². The highest BCUT2D eigenvalue weighted by Gasteiger charge is 2.00. The number of rotatable bonds is 6. The molecule has 1 N–H and O–H groups in total. The van der Waals surface area contributed by atoms with Gasteiger partial charge >= 0.3 is 5.97 Å². The Labute approximate surface area is 139 Å². The number of hydrogen-bond acceptors (Lipinski definition) is 5. The molecule has 0 saturated carbocycles. The molecule has 2 aromatic rings. The first-order chi connectivity index (χ1) is 11.7. The van der Waals surface area contributed by atoms with Gasteiger partial charge in [-0.15, -0.1) is 0 Å². The lowest BCUT2D eigenvalue weighted by molar-refractivity contribution is -0.137. The molecular weight excluding hydrogens is 306 g/mol. The smallest absolute Gasteiger partial charge is 0.330 e. The molecule has 1 amide bonds. The lowest BCUT2D eigenvalue weighted by Gasteiger charge is -2.02. The van der Waals surface area contributed by atoms with Gasteiger partial charge in [0.05, 0.1) is 18.0 Å². The van der Waals surface area contributed by atoms with Crippen molar-refractivity contribution in [3.63, 3.8) is 0 Å². The SMILES string of the molecule is CCOC(=O)/C=C/C(=O)Nc1ccc(N=Nc2ccccc2)cc1. The second kappa shape index (κ2) is 8.99. The second-order valence-corrected chi connectivity index (χ2v) is 4.66. The van der Waals surface area contributed by atoms with Gasteiger partial charge in [0.1, 0.15) is 0 Å². The number of nitrogens with zero attached hydrogens (tertiary/aromatic N) is 2. The lowest BCUT2D eigenvalue weighted by Crippen LogP contribution is -2.09. The summed E-state index contributed by atoms with van der Waals surface area (Å²) >= 11 is 0. The largest absolute Gasteiger partial charge is 0.463 e. The highest BCUT2D eigenvalue weighted by molar-refractivity contribution is 6.02. The fourth-order valence-electron chi connectivity index (χ4n) is 1.74. The Morgan fingerprint density at radius 3 is 2.21 bits per heavy atom. The number of carbonyl (C=O) groups is 2. The van der Waals surface area contributed by atoms with E-state index in [1.807, 2.05) is 30.3 Å². The predicted octanol–water partition coefficient (Wildman–Crippen LogP) is 4.16. The number of amides is 1. The van der Waals surface area contributed by atoms with E-state index in [0.717, 1.165) is 17.8 Å². The number of hydrogen-bond donors (Lipinski definition) is 1. The quantitative estimate of drug-likeness (QED) is 0.492. The van der Waals surface area contributed by atoms with Crippen molar-refractivity contribution in [2.75, 3.05) is 11.9 Å². The van der Waals surface area contributed by atoms with Gasteiger partial charge in [-0.25, -0.2) is 4.79 Å². The van der Waals surface area contributed by atoms with E-state index in [1.54, 1.807) is 31.2 Å². The highest BCUT2D eigenvalue weighted by Crippen LogP contribution is 2.19. The van der Waals surface area contributed by atoms with Gasteiger partial charge in [0.2, 0.25) is 5.91 Å². The van der Waals surface area contributed by atoms with Crippen LogP contribution in [0.15, 0.2) is 77.0 Å². The van der Waals surface area contributed by atoms with E-state index in [0.29, 0.717) is 11.4 Å². The average molecular weight is 323 g/mol. The highest BCUT2D eigenvalue weighted by atomic mass is 16.5. The van der Waals surface area contributed by atoms with E-state index >= 15 is 0 Å². The van der Waals surface area contributed by atoms with Crippen molar-refractivity contribution in [2.24, 2.45) is 10.2 Å². The maximum Gasteiger partial charge on any atom is 0.330 e. The van der Waals surface area contributed by atoms with Crippen molar-refractivity contribution >= 4 is 28.9 Å². The Bertz CT molecular complexity index is 738. The summed E-state index contributed by atoms with van der Waals surface area (Å²) in [4.78, 5) is 22.8. The molecule has 24 heavy (non-hydrogen) atoms. The van der Waals surface area contributed by atoms with E-state index in [-0.39, 0.29) is 6.61 Å². The van der Waals surface area contributed by atoms with Crippen LogP contribution in [0.4, 0.5) is 17.1 Å². The van der Waals surface area contributed by atoms with E-state index in [4.69, 9.17) is 4.74 Å². The van der Waals surface area contributed by atoms with Gasteiger partial charge in [0, 0.05) is 17.8 Å². The molecule has 0 heterocycles. The number of nitrogens with one attached hydrogen (secondary N) is 1.